The molecule has 0 aliphatic carbocycles. The van der Waals surface area contributed by atoms with Gasteiger partial charge in [0.15, 0.2) is 0 Å². The van der Waals surface area contributed by atoms with Gasteiger partial charge >= 0.3 is 0 Å². The Labute approximate surface area is 82.7 Å². The maximum atomic E-state index is 5.72. The summed E-state index contributed by atoms with van der Waals surface area (Å²) in [5.74, 6) is 0. The Bertz CT molecular complexity index is 394. The van der Waals surface area contributed by atoms with E-state index in [1.807, 2.05) is 12.1 Å². The molecule has 0 amide bonds. The molecule has 0 spiro atoms. The molecule has 4 heteroatoms. The predicted octanol–water partition coefficient (Wildman–Crippen LogP) is 3.05. The Kier molecular flexibility index (Phi) is 1.98. The molecule has 0 aliphatic heterocycles. The lowest BCUT2D eigenvalue weighted by Crippen LogP contribution is -1.81. The molecule has 0 N–H and O–H groups in total. The lowest BCUT2D eigenvalue weighted by molar-refractivity contribution is 1.28. The summed E-state index contributed by atoms with van der Waals surface area (Å²) in [5, 5.41) is 1.49. The Morgan fingerprint density at radius 1 is 1.33 bits per heavy atom. The standard InChI is InChI=1S/C8H4BrClN2/c9-7-3-6-5(4-11-7)1-2-8(10)12-6/h1-4H. The Morgan fingerprint density at radius 3 is 3.00 bits per heavy atom. The minimum absolute atomic E-state index is 0.501. The number of pyridine rings is 2. The van der Waals surface area contributed by atoms with E-state index in [0.29, 0.717) is 5.15 Å². The lowest BCUT2D eigenvalue weighted by Gasteiger charge is -1.96. The predicted molar refractivity (Wildman–Crippen MR) is 52.2 cm³/mol. The number of rotatable bonds is 0. The van der Waals surface area contributed by atoms with Gasteiger partial charge in [-0.05, 0) is 34.1 Å². The highest BCUT2D eigenvalue weighted by Crippen LogP contribution is 2.17. The van der Waals surface area contributed by atoms with Crippen LogP contribution >= 0.6 is 27.5 Å². The average molecular weight is 243 g/mol. The number of hydrogen-bond acceptors (Lipinski definition) is 2. The molecule has 0 saturated carbocycles. The Hall–Kier alpha value is -0.670. The van der Waals surface area contributed by atoms with E-state index in [9.17, 15) is 0 Å². The lowest BCUT2D eigenvalue weighted by atomic mass is 10.3. The van der Waals surface area contributed by atoms with Gasteiger partial charge in [0.05, 0.1) is 5.52 Å². The fourth-order valence-electron chi connectivity index (χ4n) is 0.967. The van der Waals surface area contributed by atoms with Crippen molar-refractivity contribution < 1.29 is 0 Å². The molecule has 2 aromatic heterocycles. The first-order valence-electron chi connectivity index (χ1n) is 3.33. The van der Waals surface area contributed by atoms with Crippen LogP contribution in [-0.2, 0) is 0 Å². The van der Waals surface area contributed by atoms with Crippen molar-refractivity contribution in [2.45, 2.75) is 0 Å². The van der Waals surface area contributed by atoms with Gasteiger partial charge in [0, 0.05) is 11.6 Å². The van der Waals surface area contributed by atoms with Crippen LogP contribution in [0.15, 0.2) is 29.0 Å². The molecule has 0 atom stereocenters. The van der Waals surface area contributed by atoms with Gasteiger partial charge in [0.2, 0.25) is 0 Å². The first-order chi connectivity index (χ1) is 5.75. The molecule has 60 valence electrons. The summed E-state index contributed by atoms with van der Waals surface area (Å²) in [6.07, 6.45) is 1.75. The van der Waals surface area contributed by atoms with Gasteiger partial charge in [-0.1, -0.05) is 11.6 Å². The van der Waals surface area contributed by atoms with Crippen LogP contribution in [0.5, 0.6) is 0 Å². The topological polar surface area (TPSA) is 25.8 Å². The summed E-state index contributed by atoms with van der Waals surface area (Å²) in [7, 11) is 0. The SMILES string of the molecule is Clc1ccc2cnc(Br)cc2n1. The second kappa shape index (κ2) is 2.99. The molecule has 0 unspecified atom stereocenters. The summed E-state index contributed by atoms with van der Waals surface area (Å²) >= 11 is 8.99. The van der Waals surface area contributed by atoms with Crippen LogP contribution < -0.4 is 0 Å². The summed E-state index contributed by atoms with van der Waals surface area (Å²) in [6.45, 7) is 0. The number of nitrogens with zero attached hydrogens (tertiary/aromatic N) is 2. The van der Waals surface area contributed by atoms with Crippen molar-refractivity contribution in [1.29, 1.82) is 0 Å². The van der Waals surface area contributed by atoms with Gasteiger partial charge < -0.3 is 0 Å². The average Bonchev–Trinajstić information content (AvgIpc) is 2.03. The Morgan fingerprint density at radius 2 is 2.17 bits per heavy atom. The molecule has 0 aliphatic rings. The van der Waals surface area contributed by atoms with Crippen molar-refractivity contribution in [3.63, 3.8) is 0 Å². The quantitative estimate of drug-likeness (QED) is 0.665. The molecule has 2 nitrogen and oxygen atoms in total. The summed E-state index contributed by atoms with van der Waals surface area (Å²) in [5.41, 5.74) is 0.851. The van der Waals surface area contributed by atoms with Crippen LogP contribution in [0, 0.1) is 0 Å². The fourth-order valence-corrected chi connectivity index (χ4v) is 1.44. The normalized spacial score (nSPS) is 10.5. The smallest absolute Gasteiger partial charge is 0.129 e. The van der Waals surface area contributed by atoms with E-state index in [-0.39, 0.29) is 0 Å². The molecule has 2 rings (SSSR count). The van der Waals surface area contributed by atoms with Crippen LogP contribution in [-0.4, -0.2) is 9.97 Å². The molecule has 2 aromatic rings. The van der Waals surface area contributed by atoms with E-state index in [2.05, 4.69) is 25.9 Å². The molecule has 0 aromatic carbocycles. The van der Waals surface area contributed by atoms with Gasteiger partial charge in [-0.25, -0.2) is 9.97 Å². The van der Waals surface area contributed by atoms with Crippen LogP contribution in [0.2, 0.25) is 5.15 Å². The Balaban J connectivity index is 2.80. The van der Waals surface area contributed by atoms with E-state index < -0.39 is 0 Å². The number of fused-ring (bicyclic) bond motifs is 1. The van der Waals surface area contributed by atoms with Crippen molar-refractivity contribution in [3.05, 3.63) is 34.2 Å². The second-order valence-corrected chi connectivity index (χ2v) is 3.53. The number of halogens is 2. The first-order valence-corrected chi connectivity index (χ1v) is 4.50. The zero-order chi connectivity index (χ0) is 8.55. The van der Waals surface area contributed by atoms with Crippen molar-refractivity contribution in [3.8, 4) is 0 Å². The largest absolute Gasteiger partial charge is 0.249 e. The highest BCUT2D eigenvalue weighted by atomic mass is 79.9. The van der Waals surface area contributed by atoms with Crippen LogP contribution in [0.25, 0.3) is 10.9 Å². The molecular weight excluding hydrogens is 239 g/mol. The summed E-state index contributed by atoms with van der Waals surface area (Å²) in [6, 6.07) is 5.48. The van der Waals surface area contributed by atoms with Crippen molar-refractivity contribution in [2.75, 3.05) is 0 Å². The van der Waals surface area contributed by atoms with E-state index >= 15 is 0 Å². The van der Waals surface area contributed by atoms with Gasteiger partial charge in [-0.15, -0.1) is 0 Å². The third-order valence-electron chi connectivity index (χ3n) is 1.51. The van der Waals surface area contributed by atoms with E-state index in [4.69, 9.17) is 11.6 Å². The van der Waals surface area contributed by atoms with Gasteiger partial charge in [0.1, 0.15) is 9.76 Å². The zero-order valence-electron chi connectivity index (χ0n) is 5.96. The fraction of sp³-hybridized carbons (Fsp3) is 0. The number of hydrogen-bond donors (Lipinski definition) is 0. The minimum atomic E-state index is 0.501. The second-order valence-electron chi connectivity index (χ2n) is 2.33. The van der Waals surface area contributed by atoms with Crippen LogP contribution in [0.3, 0.4) is 0 Å². The zero-order valence-corrected chi connectivity index (χ0v) is 8.30. The maximum absolute atomic E-state index is 5.72. The van der Waals surface area contributed by atoms with Gasteiger partial charge in [-0.3, -0.25) is 0 Å². The monoisotopic (exact) mass is 242 g/mol. The minimum Gasteiger partial charge on any atom is -0.249 e. The van der Waals surface area contributed by atoms with Gasteiger partial charge in [0.25, 0.3) is 0 Å². The van der Waals surface area contributed by atoms with Gasteiger partial charge in [-0.2, -0.15) is 0 Å². The third-order valence-corrected chi connectivity index (χ3v) is 2.15. The summed E-state index contributed by atoms with van der Waals surface area (Å²) in [4.78, 5) is 8.20. The summed E-state index contributed by atoms with van der Waals surface area (Å²) < 4.78 is 0.768. The van der Waals surface area contributed by atoms with Crippen molar-refractivity contribution in [2.24, 2.45) is 0 Å². The number of aromatic nitrogens is 2. The van der Waals surface area contributed by atoms with E-state index in [1.54, 1.807) is 12.3 Å². The van der Waals surface area contributed by atoms with Crippen LogP contribution in [0.4, 0.5) is 0 Å². The molecule has 12 heavy (non-hydrogen) atoms. The molecule has 2 heterocycles. The van der Waals surface area contributed by atoms with Crippen molar-refractivity contribution in [1.82, 2.24) is 9.97 Å². The molecule has 0 bridgehead atoms. The van der Waals surface area contributed by atoms with E-state index in [1.165, 1.54) is 0 Å². The highest BCUT2D eigenvalue weighted by molar-refractivity contribution is 9.10. The molecule has 0 radical (unpaired) electrons. The first kappa shape index (κ1) is 7.95. The third kappa shape index (κ3) is 1.42. The highest BCUT2D eigenvalue weighted by Gasteiger charge is 1.97. The maximum Gasteiger partial charge on any atom is 0.129 e. The van der Waals surface area contributed by atoms with E-state index in [0.717, 1.165) is 15.5 Å². The van der Waals surface area contributed by atoms with Crippen LogP contribution in [0.1, 0.15) is 0 Å². The molecule has 0 saturated heterocycles. The molecule has 0 fully saturated rings. The molecular formula is C8H4BrClN2. The van der Waals surface area contributed by atoms with Crippen molar-refractivity contribution >= 4 is 38.4 Å².